The first-order valence-electron chi connectivity index (χ1n) is 3.07. The third-order valence-corrected chi connectivity index (χ3v) is 1.18. The minimum absolute atomic E-state index is 0.233. The first-order chi connectivity index (χ1) is 5.24. The number of rotatable bonds is 3. The topological polar surface area (TPSA) is 81.0 Å². The van der Waals surface area contributed by atoms with E-state index in [9.17, 15) is 4.79 Å². The number of nitrogens with two attached hydrogens (primary N) is 1. The van der Waals surface area contributed by atoms with Crippen molar-refractivity contribution in [3.8, 4) is 0 Å². The second kappa shape index (κ2) is 3.16. The number of methoxy groups -OCH3 is 1. The Morgan fingerprint density at radius 2 is 2.64 bits per heavy atom. The summed E-state index contributed by atoms with van der Waals surface area (Å²) in [5.74, 6) is -0.538. The van der Waals surface area contributed by atoms with E-state index in [4.69, 9.17) is 10.5 Å². The first-order valence-corrected chi connectivity index (χ1v) is 3.07. The zero-order valence-corrected chi connectivity index (χ0v) is 6.13. The maximum Gasteiger partial charge on any atom is 0.269 e. The number of primary amides is 1. The summed E-state index contributed by atoms with van der Waals surface area (Å²) in [4.78, 5) is 10.5. The van der Waals surface area contributed by atoms with Gasteiger partial charge in [-0.05, 0) is 6.07 Å². The molecule has 0 saturated heterocycles. The third-order valence-electron chi connectivity index (χ3n) is 1.18. The van der Waals surface area contributed by atoms with Crippen LogP contribution in [0.25, 0.3) is 0 Å². The largest absolute Gasteiger partial charge is 0.378 e. The second-order valence-corrected chi connectivity index (χ2v) is 2.08. The molecule has 0 fully saturated rings. The van der Waals surface area contributed by atoms with E-state index >= 15 is 0 Å². The van der Waals surface area contributed by atoms with Crippen LogP contribution in [0.4, 0.5) is 0 Å². The molecule has 60 valence electrons. The van der Waals surface area contributed by atoms with Crippen molar-refractivity contribution in [2.24, 2.45) is 5.73 Å². The van der Waals surface area contributed by atoms with Crippen LogP contribution in [0, 0.1) is 0 Å². The summed E-state index contributed by atoms with van der Waals surface area (Å²) in [6, 6.07) is 1.56. The predicted octanol–water partition coefficient (Wildman–Crippen LogP) is -0.345. The fraction of sp³-hybridized carbons (Fsp3) is 0.333. The number of aromatic amines is 1. The fourth-order valence-corrected chi connectivity index (χ4v) is 0.717. The Kier molecular flexibility index (Phi) is 2.22. The summed E-state index contributed by atoms with van der Waals surface area (Å²) in [6.07, 6.45) is 0. The Morgan fingerprint density at radius 3 is 3.09 bits per heavy atom. The molecule has 5 heteroatoms. The molecular weight excluding hydrogens is 146 g/mol. The van der Waals surface area contributed by atoms with Crippen LogP contribution in [-0.2, 0) is 11.3 Å². The third kappa shape index (κ3) is 1.78. The molecule has 0 unspecified atom stereocenters. The number of carbonyl (C=O) groups excluding carboxylic acids is 1. The Bertz CT molecular complexity index is 256. The maximum absolute atomic E-state index is 10.5. The summed E-state index contributed by atoms with van der Waals surface area (Å²) >= 11 is 0. The quantitative estimate of drug-likeness (QED) is 0.626. The summed E-state index contributed by atoms with van der Waals surface area (Å²) in [5.41, 5.74) is 5.93. The minimum atomic E-state index is -0.538. The van der Waals surface area contributed by atoms with Crippen LogP contribution < -0.4 is 5.73 Å². The van der Waals surface area contributed by atoms with E-state index in [0.29, 0.717) is 6.61 Å². The molecule has 5 nitrogen and oxygen atoms in total. The number of nitrogens with zero attached hydrogens (tertiary/aromatic N) is 1. The summed E-state index contributed by atoms with van der Waals surface area (Å²) in [5, 5.41) is 6.27. The number of hydrogen-bond acceptors (Lipinski definition) is 3. The van der Waals surface area contributed by atoms with Crippen LogP contribution in [0.1, 0.15) is 16.2 Å². The summed E-state index contributed by atoms with van der Waals surface area (Å²) in [6.45, 7) is 0.403. The molecule has 3 N–H and O–H groups in total. The number of aromatic nitrogens is 2. The van der Waals surface area contributed by atoms with Gasteiger partial charge in [0.25, 0.3) is 5.91 Å². The molecular formula is C6H9N3O2. The lowest BCUT2D eigenvalue weighted by Crippen LogP contribution is -2.10. The van der Waals surface area contributed by atoms with E-state index < -0.39 is 5.91 Å². The number of carbonyl (C=O) groups is 1. The van der Waals surface area contributed by atoms with Gasteiger partial charge in [-0.3, -0.25) is 9.89 Å². The smallest absolute Gasteiger partial charge is 0.269 e. The number of H-pyrrole nitrogens is 1. The Hall–Kier alpha value is -1.36. The number of nitrogens with one attached hydrogen (secondary N) is 1. The van der Waals surface area contributed by atoms with Crippen molar-refractivity contribution < 1.29 is 9.53 Å². The molecule has 1 heterocycles. The monoisotopic (exact) mass is 155 g/mol. The molecule has 1 amide bonds. The van der Waals surface area contributed by atoms with E-state index in [1.807, 2.05) is 0 Å². The van der Waals surface area contributed by atoms with Gasteiger partial charge in [-0.25, -0.2) is 0 Å². The molecule has 1 aromatic heterocycles. The SMILES string of the molecule is COCc1cc(C(N)=O)n[nH]1. The number of ether oxygens (including phenoxy) is 1. The van der Waals surface area contributed by atoms with Crippen molar-refractivity contribution in [2.45, 2.75) is 6.61 Å². The summed E-state index contributed by atoms with van der Waals surface area (Å²) < 4.78 is 4.80. The van der Waals surface area contributed by atoms with Crippen LogP contribution in [0.3, 0.4) is 0 Å². The average molecular weight is 155 g/mol. The highest BCUT2D eigenvalue weighted by atomic mass is 16.5. The predicted molar refractivity (Wildman–Crippen MR) is 37.8 cm³/mol. The Balaban J connectivity index is 2.73. The van der Waals surface area contributed by atoms with E-state index in [1.165, 1.54) is 0 Å². The van der Waals surface area contributed by atoms with Gasteiger partial charge in [0.1, 0.15) is 5.69 Å². The van der Waals surface area contributed by atoms with Gasteiger partial charge in [-0.1, -0.05) is 0 Å². The number of hydrogen-bond donors (Lipinski definition) is 2. The first kappa shape index (κ1) is 7.74. The van der Waals surface area contributed by atoms with E-state index in [0.717, 1.165) is 5.69 Å². The van der Waals surface area contributed by atoms with E-state index in [-0.39, 0.29) is 5.69 Å². The normalized spacial score (nSPS) is 9.91. The summed E-state index contributed by atoms with van der Waals surface area (Å²) in [7, 11) is 1.56. The molecule has 11 heavy (non-hydrogen) atoms. The van der Waals surface area contributed by atoms with Gasteiger partial charge in [0.05, 0.1) is 12.3 Å². The van der Waals surface area contributed by atoms with E-state index in [2.05, 4.69) is 10.2 Å². The Labute approximate surface area is 63.5 Å². The molecule has 1 rings (SSSR count). The van der Waals surface area contributed by atoms with Crippen molar-refractivity contribution in [1.82, 2.24) is 10.2 Å². The minimum Gasteiger partial charge on any atom is -0.378 e. The highest BCUT2D eigenvalue weighted by Gasteiger charge is 2.04. The average Bonchev–Trinajstić information content (AvgIpc) is 2.37. The second-order valence-electron chi connectivity index (χ2n) is 2.08. The molecule has 0 aliphatic rings. The maximum atomic E-state index is 10.5. The fourth-order valence-electron chi connectivity index (χ4n) is 0.717. The van der Waals surface area contributed by atoms with Gasteiger partial charge in [0, 0.05) is 7.11 Å². The van der Waals surface area contributed by atoms with Gasteiger partial charge < -0.3 is 10.5 Å². The molecule has 0 bridgehead atoms. The molecule has 0 spiro atoms. The molecule has 0 aliphatic heterocycles. The van der Waals surface area contributed by atoms with Crippen LogP contribution in [0.15, 0.2) is 6.07 Å². The standard InChI is InChI=1S/C6H9N3O2/c1-11-3-4-2-5(6(7)10)9-8-4/h2H,3H2,1H3,(H2,7,10)(H,8,9). The molecule has 0 aliphatic carbocycles. The van der Waals surface area contributed by atoms with Crippen LogP contribution in [-0.4, -0.2) is 23.2 Å². The lowest BCUT2D eigenvalue weighted by molar-refractivity contribution is 0.0995. The highest BCUT2D eigenvalue weighted by Crippen LogP contribution is 1.98. The molecule has 0 saturated carbocycles. The van der Waals surface area contributed by atoms with Gasteiger partial charge >= 0.3 is 0 Å². The zero-order chi connectivity index (χ0) is 8.27. The van der Waals surface area contributed by atoms with Gasteiger partial charge in [0.15, 0.2) is 0 Å². The van der Waals surface area contributed by atoms with Crippen molar-refractivity contribution in [2.75, 3.05) is 7.11 Å². The zero-order valence-electron chi connectivity index (χ0n) is 6.13. The van der Waals surface area contributed by atoms with Crippen molar-refractivity contribution in [3.63, 3.8) is 0 Å². The van der Waals surface area contributed by atoms with Crippen LogP contribution >= 0.6 is 0 Å². The molecule has 0 atom stereocenters. The molecule has 0 aromatic carbocycles. The molecule has 1 aromatic rings. The Morgan fingerprint density at radius 1 is 1.91 bits per heavy atom. The van der Waals surface area contributed by atoms with Gasteiger partial charge in [-0.2, -0.15) is 5.10 Å². The highest BCUT2D eigenvalue weighted by molar-refractivity contribution is 5.90. The molecule has 0 radical (unpaired) electrons. The van der Waals surface area contributed by atoms with Gasteiger partial charge in [0.2, 0.25) is 0 Å². The van der Waals surface area contributed by atoms with Crippen molar-refractivity contribution >= 4 is 5.91 Å². The van der Waals surface area contributed by atoms with Crippen LogP contribution in [0.5, 0.6) is 0 Å². The lowest BCUT2D eigenvalue weighted by atomic mass is 10.3. The van der Waals surface area contributed by atoms with E-state index in [1.54, 1.807) is 13.2 Å². The van der Waals surface area contributed by atoms with Crippen LogP contribution in [0.2, 0.25) is 0 Å². The van der Waals surface area contributed by atoms with Crippen molar-refractivity contribution in [1.29, 1.82) is 0 Å². The van der Waals surface area contributed by atoms with Gasteiger partial charge in [-0.15, -0.1) is 0 Å². The van der Waals surface area contributed by atoms with Crippen molar-refractivity contribution in [3.05, 3.63) is 17.5 Å². The number of amides is 1. The lowest BCUT2D eigenvalue weighted by Gasteiger charge is -1.89.